The Labute approximate surface area is 170 Å². The van der Waals surface area contributed by atoms with Crippen molar-refractivity contribution in [2.75, 3.05) is 13.6 Å². The number of benzene rings is 1. The van der Waals surface area contributed by atoms with Crippen LogP contribution in [0.2, 0.25) is 0 Å². The Morgan fingerprint density at radius 3 is 2.84 bits per heavy atom. The van der Waals surface area contributed by atoms with Gasteiger partial charge in [0.1, 0.15) is 11.9 Å². The number of rotatable bonds is 5. The minimum atomic E-state index is 0. The van der Waals surface area contributed by atoms with E-state index in [4.69, 9.17) is 4.74 Å². The van der Waals surface area contributed by atoms with E-state index in [0.717, 1.165) is 30.4 Å². The summed E-state index contributed by atoms with van der Waals surface area (Å²) in [5.41, 5.74) is 2.33. The maximum atomic E-state index is 5.94. The molecular formula is C18H25IN4OS. The van der Waals surface area contributed by atoms with Gasteiger partial charge >= 0.3 is 0 Å². The fourth-order valence-electron chi connectivity index (χ4n) is 2.64. The molecule has 0 saturated carbocycles. The number of hydrogen-bond donors (Lipinski definition) is 2. The van der Waals surface area contributed by atoms with Crippen LogP contribution in [0.3, 0.4) is 0 Å². The number of nitrogens with zero attached hydrogens (tertiary/aromatic N) is 2. The topological polar surface area (TPSA) is 58.5 Å². The van der Waals surface area contributed by atoms with Crippen molar-refractivity contribution in [3.05, 3.63) is 45.9 Å². The van der Waals surface area contributed by atoms with Crippen molar-refractivity contribution in [3.8, 4) is 5.75 Å². The molecule has 0 saturated heterocycles. The highest BCUT2D eigenvalue weighted by molar-refractivity contribution is 14.0. The zero-order chi connectivity index (χ0) is 16.9. The van der Waals surface area contributed by atoms with Gasteiger partial charge in [-0.2, -0.15) is 0 Å². The fraction of sp³-hybridized carbons (Fsp3) is 0.444. The van der Waals surface area contributed by atoms with Crippen LogP contribution in [-0.4, -0.2) is 30.6 Å². The number of ether oxygens (including phenoxy) is 1. The zero-order valence-corrected chi connectivity index (χ0v) is 17.9. The van der Waals surface area contributed by atoms with Gasteiger partial charge in [-0.05, 0) is 11.6 Å². The highest BCUT2D eigenvalue weighted by Gasteiger charge is 2.22. The van der Waals surface area contributed by atoms with Crippen molar-refractivity contribution in [2.45, 2.75) is 38.8 Å². The van der Waals surface area contributed by atoms with Gasteiger partial charge in [0.05, 0.1) is 23.8 Å². The maximum Gasteiger partial charge on any atom is 0.191 e. The summed E-state index contributed by atoms with van der Waals surface area (Å²) in [5, 5.41) is 9.92. The zero-order valence-electron chi connectivity index (χ0n) is 14.8. The summed E-state index contributed by atoms with van der Waals surface area (Å²) in [6.07, 6.45) is 1.08. The molecule has 3 rings (SSSR count). The molecule has 7 heteroatoms. The summed E-state index contributed by atoms with van der Waals surface area (Å²) < 4.78 is 5.94. The Bertz CT molecular complexity index is 692. The van der Waals surface area contributed by atoms with Gasteiger partial charge in [0.15, 0.2) is 5.96 Å². The highest BCUT2D eigenvalue weighted by atomic mass is 127. The van der Waals surface area contributed by atoms with Crippen LogP contribution in [0.25, 0.3) is 0 Å². The second-order valence-corrected chi connectivity index (χ2v) is 7.08. The Hall–Kier alpha value is -1.35. The smallest absolute Gasteiger partial charge is 0.191 e. The Morgan fingerprint density at radius 1 is 1.36 bits per heavy atom. The van der Waals surface area contributed by atoms with Crippen molar-refractivity contribution in [1.29, 1.82) is 0 Å². The summed E-state index contributed by atoms with van der Waals surface area (Å²) >= 11 is 1.71. The molecule has 1 aliphatic heterocycles. The lowest BCUT2D eigenvalue weighted by Crippen LogP contribution is -2.42. The van der Waals surface area contributed by atoms with Crippen molar-refractivity contribution < 1.29 is 4.74 Å². The first-order valence-electron chi connectivity index (χ1n) is 8.29. The van der Waals surface area contributed by atoms with Crippen LogP contribution in [0.5, 0.6) is 5.75 Å². The van der Waals surface area contributed by atoms with Crippen LogP contribution in [0.1, 0.15) is 36.0 Å². The molecule has 1 atom stereocenters. The van der Waals surface area contributed by atoms with Crippen LogP contribution in [0.4, 0.5) is 0 Å². The molecule has 0 fully saturated rings. The monoisotopic (exact) mass is 472 g/mol. The second-order valence-electron chi connectivity index (χ2n) is 6.19. The van der Waals surface area contributed by atoms with Crippen LogP contribution < -0.4 is 15.4 Å². The molecule has 1 unspecified atom stereocenters. The molecule has 0 radical (unpaired) electrons. The molecule has 1 aromatic carbocycles. The largest absolute Gasteiger partial charge is 0.488 e. The molecule has 25 heavy (non-hydrogen) atoms. The van der Waals surface area contributed by atoms with E-state index in [1.54, 1.807) is 18.4 Å². The van der Waals surface area contributed by atoms with Gasteiger partial charge in [-0.3, -0.25) is 4.99 Å². The lowest BCUT2D eigenvalue weighted by atomic mass is 10.1. The molecular weight excluding hydrogens is 447 g/mol. The van der Waals surface area contributed by atoms with Gasteiger partial charge in [0.25, 0.3) is 0 Å². The lowest BCUT2D eigenvalue weighted by molar-refractivity contribution is 0.235. The average molecular weight is 472 g/mol. The number of nitrogens with one attached hydrogen (secondary N) is 2. The van der Waals surface area contributed by atoms with E-state index >= 15 is 0 Å². The first-order chi connectivity index (χ1) is 11.7. The summed E-state index contributed by atoms with van der Waals surface area (Å²) in [7, 11) is 1.78. The van der Waals surface area contributed by atoms with Gasteiger partial charge in [0.2, 0.25) is 0 Å². The highest BCUT2D eigenvalue weighted by Crippen LogP contribution is 2.27. The number of halogens is 1. The number of thiazole rings is 1. The van der Waals surface area contributed by atoms with Gasteiger partial charge in [-0.25, -0.2) is 4.98 Å². The molecule has 0 amide bonds. The third kappa shape index (κ3) is 5.31. The van der Waals surface area contributed by atoms with Gasteiger partial charge in [-0.1, -0.05) is 32.0 Å². The molecule has 0 aliphatic carbocycles. The first kappa shape index (κ1) is 20.0. The molecule has 0 spiro atoms. The van der Waals surface area contributed by atoms with Crippen molar-refractivity contribution in [2.24, 2.45) is 4.99 Å². The van der Waals surface area contributed by atoms with E-state index in [0.29, 0.717) is 12.5 Å². The van der Waals surface area contributed by atoms with E-state index in [9.17, 15) is 0 Å². The Balaban J connectivity index is 0.00000225. The van der Waals surface area contributed by atoms with Crippen LogP contribution >= 0.6 is 35.3 Å². The SMILES string of the molecule is CN=C(NCc1csc(C(C)C)n1)NCC1Cc2ccccc2O1.I. The van der Waals surface area contributed by atoms with Crippen molar-refractivity contribution in [1.82, 2.24) is 15.6 Å². The Kier molecular flexibility index (Phi) is 7.49. The number of aromatic nitrogens is 1. The third-order valence-corrected chi connectivity index (χ3v) is 5.13. The van der Waals surface area contributed by atoms with E-state index in [2.05, 4.69) is 52.0 Å². The Morgan fingerprint density at radius 2 is 2.16 bits per heavy atom. The molecule has 1 aliphatic rings. The van der Waals surface area contributed by atoms with Gasteiger partial charge in [0, 0.05) is 24.8 Å². The normalized spacial score (nSPS) is 16.2. The average Bonchev–Trinajstić information content (AvgIpc) is 3.21. The summed E-state index contributed by atoms with van der Waals surface area (Å²) in [4.78, 5) is 8.90. The molecule has 1 aromatic heterocycles. The second kappa shape index (κ2) is 9.38. The van der Waals surface area contributed by atoms with E-state index in [1.807, 2.05) is 12.1 Å². The third-order valence-electron chi connectivity index (χ3n) is 3.93. The van der Waals surface area contributed by atoms with Crippen molar-refractivity contribution in [3.63, 3.8) is 0 Å². The molecule has 0 bridgehead atoms. The molecule has 2 N–H and O–H groups in total. The molecule has 5 nitrogen and oxygen atoms in total. The molecule has 136 valence electrons. The molecule has 2 heterocycles. The van der Waals surface area contributed by atoms with E-state index in [-0.39, 0.29) is 30.1 Å². The lowest BCUT2D eigenvalue weighted by Gasteiger charge is -2.15. The minimum absolute atomic E-state index is 0. The first-order valence-corrected chi connectivity index (χ1v) is 9.17. The maximum absolute atomic E-state index is 5.94. The summed E-state index contributed by atoms with van der Waals surface area (Å²) in [5.74, 6) is 2.24. The quantitative estimate of drug-likeness (QED) is 0.397. The fourth-order valence-corrected chi connectivity index (χ4v) is 3.48. The van der Waals surface area contributed by atoms with E-state index in [1.165, 1.54) is 10.6 Å². The number of aliphatic imine (C=N–C) groups is 1. The number of para-hydroxylation sites is 1. The van der Waals surface area contributed by atoms with Gasteiger partial charge < -0.3 is 15.4 Å². The standard InChI is InChI=1S/C18H24N4OS.HI/c1-12(2)17-22-14(11-24-17)9-20-18(19-3)21-10-15-8-13-6-4-5-7-16(13)23-15;/h4-7,11-12,15H,8-10H2,1-3H3,(H2,19,20,21);1H. The van der Waals surface area contributed by atoms with Crippen LogP contribution in [0.15, 0.2) is 34.6 Å². The van der Waals surface area contributed by atoms with Crippen LogP contribution in [0, 0.1) is 0 Å². The van der Waals surface area contributed by atoms with Crippen LogP contribution in [-0.2, 0) is 13.0 Å². The number of guanidine groups is 1. The van der Waals surface area contributed by atoms with Crippen molar-refractivity contribution >= 4 is 41.3 Å². The predicted octanol–water partition coefficient (Wildman–Crippen LogP) is 3.55. The van der Waals surface area contributed by atoms with Gasteiger partial charge in [-0.15, -0.1) is 35.3 Å². The minimum Gasteiger partial charge on any atom is -0.488 e. The predicted molar refractivity (Wildman–Crippen MR) is 114 cm³/mol. The van der Waals surface area contributed by atoms with E-state index < -0.39 is 0 Å². The summed E-state index contributed by atoms with van der Waals surface area (Å²) in [6.45, 7) is 5.73. The number of fused-ring (bicyclic) bond motifs is 1. The number of hydrogen-bond acceptors (Lipinski definition) is 4. The summed E-state index contributed by atoms with van der Waals surface area (Å²) in [6, 6.07) is 8.21. The molecule has 2 aromatic rings.